The maximum atomic E-state index is 5.84. The minimum absolute atomic E-state index is 0.0927. The SMILES string of the molecule is CO[Si](C)(OC)OC(CCN)CCCN. The Morgan fingerprint density at radius 1 is 1.07 bits per heavy atom. The standard InChI is InChI=1S/C9H24N2O3Si/c1-12-15(3,13-2)14-9(6-8-11)5-4-7-10/h9H,4-8,10-11H2,1-3H3. The quantitative estimate of drug-likeness (QED) is 0.564. The van der Waals surface area contributed by atoms with E-state index in [9.17, 15) is 0 Å². The molecule has 0 heterocycles. The topological polar surface area (TPSA) is 79.7 Å². The van der Waals surface area contributed by atoms with E-state index < -0.39 is 8.80 Å². The van der Waals surface area contributed by atoms with E-state index in [2.05, 4.69) is 0 Å². The van der Waals surface area contributed by atoms with Crippen LogP contribution in [0.3, 0.4) is 0 Å². The van der Waals surface area contributed by atoms with Gasteiger partial charge in [-0.3, -0.25) is 0 Å². The van der Waals surface area contributed by atoms with Crippen molar-refractivity contribution in [2.75, 3.05) is 27.3 Å². The molecule has 0 rings (SSSR count). The summed E-state index contributed by atoms with van der Waals surface area (Å²) in [7, 11) is 0.775. The second kappa shape index (κ2) is 8.20. The molecule has 0 aromatic carbocycles. The largest absolute Gasteiger partial charge is 0.497 e. The van der Waals surface area contributed by atoms with Crippen molar-refractivity contribution in [3.05, 3.63) is 0 Å². The van der Waals surface area contributed by atoms with Gasteiger partial charge in [0.05, 0.1) is 6.10 Å². The van der Waals surface area contributed by atoms with Crippen LogP contribution in [0.15, 0.2) is 0 Å². The van der Waals surface area contributed by atoms with Gasteiger partial charge in [0.2, 0.25) is 0 Å². The monoisotopic (exact) mass is 236 g/mol. The molecule has 0 saturated heterocycles. The third kappa shape index (κ3) is 6.24. The fourth-order valence-corrected chi connectivity index (χ4v) is 2.48. The normalized spacial score (nSPS) is 14.2. The first-order valence-electron chi connectivity index (χ1n) is 5.30. The Hall–Kier alpha value is 0.0169. The van der Waals surface area contributed by atoms with E-state index in [1.807, 2.05) is 6.55 Å². The van der Waals surface area contributed by atoms with Crippen molar-refractivity contribution in [3.8, 4) is 0 Å². The molecular weight excluding hydrogens is 212 g/mol. The Morgan fingerprint density at radius 2 is 1.67 bits per heavy atom. The zero-order valence-electron chi connectivity index (χ0n) is 9.99. The van der Waals surface area contributed by atoms with Gasteiger partial charge < -0.3 is 24.7 Å². The van der Waals surface area contributed by atoms with Crippen LogP contribution in [0.25, 0.3) is 0 Å². The average Bonchev–Trinajstić information content (AvgIpc) is 2.26. The molecule has 0 bridgehead atoms. The summed E-state index contributed by atoms with van der Waals surface area (Å²) >= 11 is 0. The van der Waals surface area contributed by atoms with Gasteiger partial charge >= 0.3 is 8.80 Å². The second-order valence-corrected chi connectivity index (χ2v) is 6.30. The maximum absolute atomic E-state index is 5.84. The van der Waals surface area contributed by atoms with Gasteiger partial charge in [0.25, 0.3) is 0 Å². The molecule has 0 fully saturated rings. The number of hydrogen-bond acceptors (Lipinski definition) is 5. The van der Waals surface area contributed by atoms with Crippen LogP contribution >= 0.6 is 0 Å². The molecule has 1 unspecified atom stereocenters. The Kier molecular flexibility index (Phi) is 8.21. The molecule has 15 heavy (non-hydrogen) atoms. The highest BCUT2D eigenvalue weighted by Gasteiger charge is 2.34. The summed E-state index contributed by atoms with van der Waals surface area (Å²) in [5.41, 5.74) is 11.0. The number of nitrogens with two attached hydrogens (primary N) is 2. The predicted molar refractivity (Wildman–Crippen MR) is 62.5 cm³/mol. The molecule has 0 aromatic heterocycles. The molecule has 0 amide bonds. The highest BCUT2D eigenvalue weighted by atomic mass is 28.4. The minimum atomic E-state index is -2.44. The van der Waals surface area contributed by atoms with Crippen molar-refractivity contribution < 1.29 is 13.3 Å². The molecular formula is C9H24N2O3Si. The van der Waals surface area contributed by atoms with E-state index in [4.69, 9.17) is 24.7 Å². The van der Waals surface area contributed by atoms with Crippen LogP contribution in [0.1, 0.15) is 19.3 Å². The molecule has 0 saturated carbocycles. The van der Waals surface area contributed by atoms with Crippen molar-refractivity contribution in [1.82, 2.24) is 0 Å². The van der Waals surface area contributed by atoms with E-state index in [-0.39, 0.29) is 6.10 Å². The van der Waals surface area contributed by atoms with Crippen LogP contribution in [0.4, 0.5) is 0 Å². The van der Waals surface area contributed by atoms with Crippen LogP contribution < -0.4 is 11.5 Å². The predicted octanol–water partition coefficient (Wildman–Crippen LogP) is 0.321. The molecule has 6 heteroatoms. The van der Waals surface area contributed by atoms with Gasteiger partial charge in [-0.05, 0) is 32.4 Å². The number of hydrogen-bond donors (Lipinski definition) is 2. The Bertz CT molecular complexity index is 156. The second-order valence-electron chi connectivity index (χ2n) is 3.52. The summed E-state index contributed by atoms with van der Waals surface area (Å²) in [4.78, 5) is 0. The Labute approximate surface area is 93.4 Å². The van der Waals surface area contributed by atoms with Gasteiger partial charge in [-0.15, -0.1) is 0 Å². The van der Waals surface area contributed by atoms with E-state index in [1.165, 1.54) is 0 Å². The summed E-state index contributed by atoms with van der Waals surface area (Å²) < 4.78 is 16.4. The lowest BCUT2D eigenvalue weighted by Crippen LogP contribution is -2.44. The lowest BCUT2D eigenvalue weighted by atomic mass is 10.1. The van der Waals surface area contributed by atoms with Crippen molar-refractivity contribution in [2.24, 2.45) is 11.5 Å². The molecule has 0 aliphatic heterocycles. The van der Waals surface area contributed by atoms with Crippen LogP contribution in [-0.2, 0) is 13.3 Å². The fourth-order valence-electron chi connectivity index (χ4n) is 1.28. The van der Waals surface area contributed by atoms with Gasteiger partial charge in [-0.2, -0.15) is 0 Å². The zero-order valence-corrected chi connectivity index (χ0v) is 11.0. The van der Waals surface area contributed by atoms with Crippen LogP contribution in [0.5, 0.6) is 0 Å². The van der Waals surface area contributed by atoms with E-state index >= 15 is 0 Å². The Balaban J connectivity index is 4.11. The van der Waals surface area contributed by atoms with Crippen LogP contribution in [0.2, 0.25) is 6.55 Å². The first-order chi connectivity index (χ1) is 7.11. The van der Waals surface area contributed by atoms with Gasteiger partial charge in [0.15, 0.2) is 0 Å². The fraction of sp³-hybridized carbons (Fsp3) is 1.00. The molecule has 0 radical (unpaired) electrons. The molecule has 0 aromatic rings. The summed E-state index contributed by atoms with van der Waals surface area (Å²) in [5, 5.41) is 0. The third-order valence-corrected chi connectivity index (χ3v) is 4.59. The van der Waals surface area contributed by atoms with Gasteiger partial charge in [0.1, 0.15) is 0 Å². The van der Waals surface area contributed by atoms with Crippen molar-refractivity contribution >= 4 is 8.80 Å². The summed E-state index contributed by atoms with van der Waals surface area (Å²) in [6.45, 7) is 3.15. The number of rotatable bonds is 9. The lowest BCUT2D eigenvalue weighted by molar-refractivity contribution is 0.0534. The first-order valence-corrected chi connectivity index (χ1v) is 7.52. The molecule has 0 spiro atoms. The van der Waals surface area contributed by atoms with Crippen LogP contribution in [0, 0.1) is 0 Å². The summed E-state index contributed by atoms with van der Waals surface area (Å²) in [6, 6.07) is 0. The van der Waals surface area contributed by atoms with E-state index in [0.717, 1.165) is 19.3 Å². The highest BCUT2D eigenvalue weighted by molar-refractivity contribution is 6.59. The molecule has 4 N–H and O–H groups in total. The maximum Gasteiger partial charge on any atom is 0.497 e. The van der Waals surface area contributed by atoms with E-state index in [0.29, 0.717) is 13.1 Å². The molecule has 1 atom stereocenters. The smallest absolute Gasteiger partial charge is 0.377 e. The van der Waals surface area contributed by atoms with Crippen molar-refractivity contribution in [3.63, 3.8) is 0 Å². The van der Waals surface area contributed by atoms with Gasteiger partial charge in [0, 0.05) is 20.8 Å². The molecule has 5 nitrogen and oxygen atoms in total. The van der Waals surface area contributed by atoms with Crippen LogP contribution in [-0.4, -0.2) is 42.2 Å². The van der Waals surface area contributed by atoms with Gasteiger partial charge in [-0.1, -0.05) is 0 Å². The lowest BCUT2D eigenvalue weighted by Gasteiger charge is -2.28. The minimum Gasteiger partial charge on any atom is -0.377 e. The summed E-state index contributed by atoms with van der Waals surface area (Å²) in [5.74, 6) is 0. The highest BCUT2D eigenvalue weighted by Crippen LogP contribution is 2.15. The Morgan fingerprint density at radius 3 is 2.07 bits per heavy atom. The molecule has 0 aliphatic carbocycles. The first kappa shape index (κ1) is 15.0. The van der Waals surface area contributed by atoms with Crippen molar-refractivity contribution in [1.29, 1.82) is 0 Å². The molecule has 92 valence electrons. The van der Waals surface area contributed by atoms with E-state index in [1.54, 1.807) is 14.2 Å². The average molecular weight is 236 g/mol. The van der Waals surface area contributed by atoms with Crippen molar-refractivity contribution in [2.45, 2.75) is 31.9 Å². The summed E-state index contributed by atoms with van der Waals surface area (Å²) in [6.07, 6.45) is 2.75. The molecule has 0 aliphatic rings. The zero-order chi connectivity index (χ0) is 11.7. The van der Waals surface area contributed by atoms with Gasteiger partial charge in [-0.25, -0.2) is 0 Å². The third-order valence-electron chi connectivity index (χ3n) is 2.34.